The highest BCUT2D eigenvalue weighted by Gasteiger charge is 2.65. The fourth-order valence-corrected chi connectivity index (χ4v) is 7.77. The van der Waals surface area contributed by atoms with Crippen molar-refractivity contribution in [3.05, 3.63) is 43.6 Å². The lowest BCUT2D eigenvalue weighted by Gasteiger charge is -2.37. The topological polar surface area (TPSA) is 70.9 Å². The van der Waals surface area contributed by atoms with Gasteiger partial charge in [-0.05, 0) is 80.2 Å². The third-order valence-electron chi connectivity index (χ3n) is 7.90. The molecule has 0 aromatic carbocycles. The van der Waals surface area contributed by atoms with Crippen LogP contribution >= 0.6 is 34.5 Å². The van der Waals surface area contributed by atoms with E-state index in [0.717, 1.165) is 43.2 Å². The van der Waals surface area contributed by atoms with E-state index in [1.165, 1.54) is 23.5 Å². The molecule has 0 spiro atoms. The molecule has 1 saturated carbocycles. The molecule has 5 unspecified atom stereocenters. The molecule has 5 nitrogen and oxygen atoms in total. The molecule has 1 aliphatic heterocycles. The van der Waals surface area contributed by atoms with E-state index in [9.17, 15) is 23.1 Å². The van der Waals surface area contributed by atoms with E-state index >= 15 is 0 Å². The molecule has 0 bridgehead atoms. The van der Waals surface area contributed by atoms with Crippen LogP contribution in [0, 0.1) is 5.92 Å². The number of nitrogens with one attached hydrogen (secondary N) is 1. The maximum Gasteiger partial charge on any atom is 0.435 e. The summed E-state index contributed by atoms with van der Waals surface area (Å²) >= 11 is 13.6. The largest absolute Gasteiger partial charge is 0.435 e. The molecule has 5 atom stereocenters. The second kappa shape index (κ2) is 10.2. The Bertz CT molecular complexity index is 1180. The monoisotopic (exact) mass is 576 g/mol. The summed E-state index contributed by atoms with van der Waals surface area (Å²) in [4.78, 5) is 19.7. The molecule has 1 amide bonds. The second-order valence-electron chi connectivity index (χ2n) is 10.4. The summed E-state index contributed by atoms with van der Waals surface area (Å²) in [5.74, 6) is -0.898. The van der Waals surface area contributed by atoms with Gasteiger partial charge in [0.05, 0.1) is 27.7 Å². The van der Waals surface area contributed by atoms with Crippen LogP contribution in [0.1, 0.15) is 77.5 Å². The lowest BCUT2D eigenvalue weighted by molar-refractivity contribution is -0.255. The van der Waals surface area contributed by atoms with Gasteiger partial charge in [-0.1, -0.05) is 23.7 Å². The number of alkyl halides is 4. The number of amides is 1. The van der Waals surface area contributed by atoms with Crippen LogP contribution in [-0.2, 0) is 17.7 Å². The Morgan fingerprint density at radius 3 is 2.68 bits per heavy atom. The lowest BCUT2D eigenvalue weighted by Crippen LogP contribution is -2.50. The summed E-state index contributed by atoms with van der Waals surface area (Å²) in [5.41, 5.74) is -0.744. The first-order valence-corrected chi connectivity index (χ1v) is 14.3. The van der Waals surface area contributed by atoms with Crippen LogP contribution in [0.2, 0.25) is 0 Å². The van der Waals surface area contributed by atoms with Gasteiger partial charge in [0.25, 0.3) is 11.5 Å². The minimum Gasteiger partial charge on any atom is -0.393 e. The summed E-state index contributed by atoms with van der Waals surface area (Å²) in [6.07, 6.45) is 3.14. The van der Waals surface area contributed by atoms with Crippen molar-refractivity contribution in [1.29, 1.82) is 0 Å². The number of hydrogen-bond donors (Lipinski definition) is 2. The van der Waals surface area contributed by atoms with E-state index in [-0.39, 0.29) is 28.3 Å². The molecule has 2 heterocycles. The van der Waals surface area contributed by atoms with Gasteiger partial charge in [0, 0.05) is 17.0 Å². The average molecular weight is 577 g/mol. The first-order valence-electron chi connectivity index (χ1n) is 12.7. The van der Waals surface area contributed by atoms with Crippen molar-refractivity contribution in [3.63, 3.8) is 0 Å². The van der Waals surface area contributed by atoms with Crippen molar-refractivity contribution in [1.82, 2.24) is 5.32 Å². The molecular weight excluding hydrogens is 548 g/mol. The zero-order valence-electron chi connectivity index (χ0n) is 20.3. The van der Waals surface area contributed by atoms with E-state index in [4.69, 9.17) is 28.0 Å². The van der Waals surface area contributed by atoms with Crippen molar-refractivity contribution < 1.29 is 27.9 Å². The van der Waals surface area contributed by atoms with Crippen LogP contribution in [0.3, 0.4) is 0 Å². The summed E-state index contributed by atoms with van der Waals surface area (Å²) < 4.78 is 44.0. The normalized spacial score (nSPS) is 32.1. The van der Waals surface area contributed by atoms with E-state index in [1.54, 1.807) is 6.92 Å². The van der Waals surface area contributed by atoms with Crippen LogP contribution in [-0.4, -0.2) is 46.0 Å². The predicted octanol–water partition coefficient (Wildman–Crippen LogP) is 6.39. The molecule has 202 valence electrons. The van der Waals surface area contributed by atoms with Crippen LogP contribution in [0.5, 0.6) is 0 Å². The molecule has 0 radical (unpaired) electrons. The van der Waals surface area contributed by atoms with Crippen molar-refractivity contribution in [3.8, 4) is 0 Å². The Morgan fingerprint density at radius 2 is 1.97 bits per heavy atom. The molecule has 1 aromatic heterocycles. The van der Waals surface area contributed by atoms with E-state index in [0.29, 0.717) is 29.0 Å². The number of thiophene rings is 1. The maximum absolute atomic E-state index is 14.7. The number of nitrogens with zero attached hydrogens (tertiary/aromatic N) is 1. The fraction of sp³-hybridized carbons (Fsp3) is 0.615. The van der Waals surface area contributed by atoms with Crippen LogP contribution in [0.15, 0.2) is 27.9 Å². The average Bonchev–Trinajstić information content (AvgIpc) is 3.44. The van der Waals surface area contributed by atoms with E-state index < -0.39 is 35.6 Å². The number of aliphatic hydroxyl groups is 1. The molecule has 37 heavy (non-hydrogen) atoms. The Balaban J connectivity index is 1.47. The molecular formula is C26H29Cl2F3N2O3S. The zero-order chi connectivity index (χ0) is 26.5. The second-order valence-corrected chi connectivity index (χ2v) is 12.4. The number of halogens is 5. The molecule has 3 aliphatic carbocycles. The Hall–Kier alpha value is -1.55. The highest BCUT2D eigenvalue weighted by atomic mass is 35.5. The van der Waals surface area contributed by atoms with Gasteiger partial charge < -0.3 is 15.3 Å². The SMILES string of the molecule is CC1C(C2(C(F)(F)F)CC(c3sc(C(=O)NC4CCCC(O)C4)c4c3CCCC4)=NO2)=CC(Cl)=CC1Cl. The van der Waals surface area contributed by atoms with Gasteiger partial charge in [-0.15, -0.1) is 22.9 Å². The minimum atomic E-state index is -4.76. The van der Waals surface area contributed by atoms with Gasteiger partial charge in [0.2, 0.25) is 0 Å². The highest BCUT2D eigenvalue weighted by Crippen LogP contribution is 2.52. The summed E-state index contributed by atoms with van der Waals surface area (Å²) in [6, 6.07) is -0.118. The Kier molecular flexibility index (Phi) is 7.46. The number of oxime groups is 1. The standard InChI is InChI=1S/C26H29Cl2F3N2O3S/c1-13-19(9-14(27)10-20(13)28)25(26(29,30)31)12-21(33-36-25)22-17-7-2-3-8-18(17)23(37-22)24(35)32-15-5-4-6-16(34)11-15/h9-10,13,15-16,20,34H,2-8,11-12H2,1H3,(H,32,35). The van der Waals surface area contributed by atoms with Gasteiger partial charge in [0.15, 0.2) is 0 Å². The van der Waals surface area contributed by atoms with Crippen LogP contribution < -0.4 is 5.32 Å². The molecule has 1 fully saturated rings. The minimum absolute atomic E-state index is 0.0505. The number of rotatable bonds is 4. The van der Waals surface area contributed by atoms with Crippen LogP contribution in [0.4, 0.5) is 13.2 Å². The third-order valence-corrected chi connectivity index (χ3v) is 9.96. The smallest absolute Gasteiger partial charge is 0.393 e. The molecule has 5 rings (SSSR count). The predicted molar refractivity (Wildman–Crippen MR) is 139 cm³/mol. The van der Waals surface area contributed by atoms with Crippen molar-refractivity contribution in [2.24, 2.45) is 11.1 Å². The van der Waals surface area contributed by atoms with Gasteiger partial charge in [-0.2, -0.15) is 13.2 Å². The summed E-state index contributed by atoms with van der Waals surface area (Å²) in [5, 5.41) is 16.4. The van der Waals surface area contributed by atoms with Gasteiger partial charge in [-0.3, -0.25) is 4.79 Å². The molecule has 11 heteroatoms. The number of carbonyl (C=O) groups excluding carboxylic acids is 1. The maximum atomic E-state index is 14.7. The van der Waals surface area contributed by atoms with Gasteiger partial charge >= 0.3 is 6.18 Å². The number of hydrogen-bond acceptors (Lipinski definition) is 5. The van der Waals surface area contributed by atoms with Crippen molar-refractivity contribution in [2.45, 2.75) is 94.0 Å². The van der Waals surface area contributed by atoms with Gasteiger partial charge in [-0.25, -0.2) is 0 Å². The molecule has 1 aromatic rings. The Morgan fingerprint density at radius 1 is 1.24 bits per heavy atom. The van der Waals surface area contributed by atoms with E-state index in [2.05, 4.69) is 10.5 Å². The number of aliphatic hydroxyl groups excluding tert-OH is 1. The first-order chi connectivity index (χ1) is 17.5. The molecule has 4 aliphatic rings. The van der Waals surface area contributed by atoms with E-state index in [1.807, 2.05) is 0 Å². The van der Waals surface area contributed by atoms with Crippen molar-refractivity contribution >= 4 is 46.2 Å². The quantitative estimate of drug-likeness (QED) is 0.408. The third kappa shape index (κ3) is 4.97. The lowest BCUT2D eigenvalue weighted by atomic mass is 9.77. The first kappa shape index (κ1) is 27.0. The summed E-state index contributed by atoms with van der Waals surface area (Å²) in [7, 11) is 0. The summed E-state index contributed by atoms with van der Waals surface area (Å²) in [6.45, 7) is 1.62. The Labute approximate surface area is 227 Å². The van der Waals surface area contributed by atoms with Crippen molar-refractivity contribution in [2.75, 3.05) is 0 Å². The molecule has 2 N–H and O–H groups in total. The number of carbonyl (C=O) groups is 1. The highest BCUT2D eigenvalue weighted by molar-refractivity contribution is 7.16. The number of fused-ring (bicyclic) bond motifs is 1. The number of allylic oxidation sites excluding steroid dienone is 3. The molecule has 0 saturated heterocycles. The zero-order valence-corrected chi connectivity index (χ0v) is 22.7. The van der Waals surface area contributed by atoms with Gasteiger partial charge in [0.1, 0.15) is 5.71 Å². The van der Waals surface area contributed by atoms with Crippen LogP contribution in [0.25, 0.3) is 0 Å². The fourth-order valence-electron chi connectivity index (χ4n) is 5.90.